The van der Waals surface area contributed by atoms with Crippen LogP contribution in [-0.4, -0.2) is 15.2 Å². The number of rotatable bonds is 3. The molecule has 1 atom stereocenters. The number of nitrogen functional groups attached to an aromatic ring is 1. The van der Waals surface area contributed by atoms with Gasteiger partial charge in [-0.2, -0.15) is 5.26 Å². The second-order valence-corrected chi connectivity index (χ2v) is 3.58. The van der Waals surface area contributed by atoms with Crippen LogP contribution in [0.1, 0.15) is 13.3 Å². The van der Waals surface area contributed by atoms with Crippen LogP contribution >= 0.6 is 11.8 Å². The van der Waals surface area contributed by atoms with E-state index in [1.807, 2.05) is 6.92 Å². The fraction of sp³-hybridized carbons (Fsp3) is 0.375. The van der Waals surface area contributed by atoms with Crippen LogP contribution < -0.4 is 5.73 Å². The number of nitriles is 1. The van der Waals surface area contributed by atoms with Crippen LogP contribution in [0.25, 0.3) is 0 Å². The second-order valence-electron chi connectivity index (χ2n) is 2.39. The first-order chi connectivity index (χ1) is 6.27. The molecule has 1 heterocycles. The Morgan fingerprint density at radius 1 is 1.62 bits per heavy atom. The number of anilines is 1. The van der Waals surface area contributed by atoms with Crippen LogP contribution in [0.5, 0.6) is 0 Å². The van der Waals surface area contributed by atoms with Crippen LogP contribution in [0.3, 0.4) is 0 Å². The maximum absolute atomic E-state index is 8.72. The van der Waals surface area contributed by atoms with Gasteiger partial charge in [-0.25, -0.2) is 9.97 Å². The molecule has 0 saturated heterocycles. The highest BCUT2D eigenvalue weighted by atomic mass is 32.2. The van der Waals surface area contributed by atoms with E-state index in [4.69, 9.17) is 11.0 Å². The summed E-state index contributed by atoms with van der Waals surface area (Å²) < 4.78 is 0. The van der Waals surface area contributed by atoms with Gasteiger partial charge in [-0.1, -0.05) is 18.7 Å². The lowest BCUT2D eigenvalue weighted by Crippen LogP contribution is -2.00. The Kier molecular flexibility index (Phi) is 3.53. The Morgan fingerprint density at radius 2 is 2.31 bits per heavy atom. The van der Waals surface area contributed by atoms with Gasteiger partial charge in [-0.15, -0.1) is 0 Å². The maximum atomic E-state index is 8.72. The van der Waals surface area contributed by atoms with Crippen molar-refractivity contribution in [3.63, 3.8) is 0 Å². The summed E-state index contributed by atoms with van der Waals surface area (Å²) in [7, 11) is 0. The van der Waals surface area contributed by atoms with Crippen molar-refractivity contribution in [1.29, 1.82) is 5.26 Å². The van der Waals surface area contributed by atoms with Crippen molar-refractivity contribution in [2.75, 3.05) is 5.73 Å². The Labute approximate surface area is 81.2 Å². The molecule has 0 amide bonds. The second kappa shape index (κ2) is 4.67. The van der Waals surface area contributed by atoms with Crippen molar-refractivity contribution >= 4 is 17.6 Å². The molecule has 0 aliphatic heterocycles. The zero-order valence-corrected chi connectivity index (χ0v) is 8.08. The monoisotopic (exact) mass is 194 g/mol. The topological polar surface area (TPSA) is 75.6 Å². The molecule has 1 aromatic heterocycles. The number of hydrogen-bond acceptors (Lipinski definition) is 5. The van der Waals surface area contributed by atoms with E-state index in [0.717, 1.165) is 6.42 Å². The highest BCUT2D eigenvalue weighted by Crippen LogP contribution is 2.25. The lowest BCUT2D eigenvalue weighted by molar-refractivity contribution is 0.973. The molecule has 1 aromatic rings. The van der Waals surface area contributed by atoms with E-state index in [9.17, 15) is 0 Å². The van der Waals surface area contributed by atoms with Crippen LogP contribution in [0, 0.1) is 11.3 Å². The molecule has 0 spiro atoms. The van der Waals surface area contributed by atoms with Crippen molar-refractivity contribution in [2.24, 2.45) is 0 Å². The standard InChI is InChI=1S/C8H10N4S/c1-2-6(5-9)13-8-7(10)11-3-4-12-8/h3-4,6H,2H2,1H3,(H2,10,11). The summed E-state index contributed by atoms with van der Waals surface area (Å²) >= 11 is 1.36. The SMILES string of the molecule is CCC(C#N)Sc1nccnc1N. The predicted molar refractivity (Wildman–Crippen MR) is 52.0 cm³/mol. The summed E-state index contributed by atoms with van der Waals surface area (Å²) in [5.41, 5.74) is 5.57. The first-order valence-electron chi connectivity index (χ1n) is 3.90. The van der Waals surface area contributed by atoms with Gasteiger partial charge in [0.25, 0.3) is 0 Å². The lowest BCUT2D eigenvalue weighted by atomic mass is 10.4. The summed E-state index contributed by atoms with van der Waals surface area (Å²) in [4.78, 5) is 7.92. The molecule has 0 aliphatic rings. The van der Waals surface area contributed by atoms with Gasteiger partial charge < -0.3 is 5.73 Å². The first-order valence-corrected chi connectivity index (χ1v) is 4.78. The summed E-state index contributed by atoms with van der Waals surface area (Å²) in [6.07, 6.45) is 3.88. The van der Waals surface area contributed by atoms with Gasteiger partial charge in [0, 0.05) is 12.4 Å². The fourth-order valence-corrected chi connectivity index (χ4v) is 1.55. The van der Waals surface area contributed by atoms with Gasteiger partial charge in [0.1, 0.15) is 5.03 Å². The third kappa shape index (κ3) is 2.60. The molecule has 0 aliphatic carbocycles. The molecule has 0 saturated carbocycles. The molecular formula is C8H10N4S. The van der Waals surface area contributed by atoms with Crippen molar-refractivity contribution in [1.82, 2.24) is 9.97 Å². The van der Waals surface area contributed by atoms with Crippen molar-refractivity contribution in [3.8, 4) is 6.07 Å². The van der Waals surface area contributed by atoms with E-state index in [1.165, 1.54) is 18.0 Å². The number of hydrogen-bond donors (Lipinski definition) is 1. The molecule has 4 nitrogen and oxygen atoms in total. The third-order valence-corrected chi connectivity index (χ3v) is 2.72. The molecule has 2 N–H and O–H groups in total. The lowest BCUT2D eigenvalue weighted by Gasteiger charge is -2.05. The molecule has 68 valence electrons. The van der Waals surface area contributed by atoms with Crippen LogP contribution in [-0.2, 0) is 0 Å². The van der Waals surface area contributed by atoms with Gasteiger partial charge in [0.2, 0.25) is 0 Å². The minimum absolute atomic E-state index is 0.0981. The van der Waals surface area contributed by atoms with Crippen molar-refractivity contribution in [2.45, 2.75) is 23.6 Å². The van der Waals surface area contributed by atoms with Crippen LogP contribution in [0.4, 0.5) is 5.82 Å². The molecule has 0 bridgehead atoms. The normalized spacial score (nSPS) is 12.0. The van der Waals surface area contributed by atoms with Gasteiger partial charge in [-0.3, -0.25) is 0 Å². The summed E-state index contributed by atoms with van der Waals surface area (Å²) in [5.74, 6) is 0.390. The number of nitrogens with zero attached hydrogens (tertiary/aromatic N) is 3. The predicted octanol–water partition coefficient (Wildman–Crippen LogP) is 1.45. The minimum Gasteiger partial charge on any atom is -0.381 e. The molecule has 0 aromatic carbocycles. The molecule has 5 heteroatoms. The van der Waals surface area contributed by atoms with E-state index in [0.29, 0.717) is 10.8 Å². The smallest absolute Gasteiger partial charge is 0.156 e. The van der Waals surface area contributed by atoms with Crippen molar-refractivity contribution in [3.05, 3.63) is 12.4 Å². The highest BCUT2D eigenvalue weighted by Gasteiger charge is 2.10. The fourth-order valence-electron chi connectivity index (χ4n) is 0.763. The Hall–Kier alpha value is -1.28. The molecule has 0 fully saturated rings. The Balaban J connectivity index is 2.74. The number of nitrogens with two attached hydrogens (primary N) is 1. The van der Waals surface area contributed by atoms with E-state index >= 15 is 0 Å². The molecule has 1 rings (SSSR count). The number of thioether (sulfide) groups is 1. The average Bonchev–Trinajstić information content (AvgIpc) is 2.17. The zero-order chi connectivity index (χ0) is 9.68. The van der Waals surface area contributed by atoms with Crippen LogP contribution in [0.2, 0.25) is 0 Å². The maximum Gasteiger partial charge on any atom is 0.156 e. The Morgan fingerprint density at radius 3 is 2.85 bits per heavy atom. The summed E-state index contributed by atoms with van der Waals surface area (Å²) in [6.45, 7) is 1.95. The van der Waals surface area contributed by atoms with Gasteiger partial charge >= 0.3 is 0 Å². The quantitative estimate of drug-likeness (QED) is 0.737. The van der Waals surface area contributed by atoms with Gasteiger partial charge in [-0.05, 0) is 6.42 Å². The van der Waals surface area contributed by atoms with Gasteiger partial charge in [0.15, 0.2) is 5.82 Å². The van der Waals surface area contributed by atoms with E-state index < -0.39 is 0 Å². The van der Waals surface area contributed by atoms with E-state index in [1.54, 1.807) is 6.20 Å². The van der Waals surface area contributed by atoms with E-state index in [-0.39, 0.29) is 5.25 Å². The largest absolute Gasteiger partial charge is 0.381 e. The number of aromatic nitrogens is 2. The third-order valence-electron chi connectivity index (χ3n) is 1.46. The highest BCUT2D eigenvalue weighted by molar-refractivity contribution is 8.00. The van der Waals surface area contributed by atoms with E-state index in [2.05, 4.69) is 16.0 Å². The minimum atomic E-state index is -0.0981. The first kappa shape index (κ1) is 9.81. The summed E-state index contributed by atoms with van der Waals surface area (Å²) in [5, 5.41) is 9.26. The Bertz CT molecular complexity index is 320. The molecular weight excluding hydrogens is 184 g/mol. The molecule has 1 unspecified atom stereocenters. The molecule has 13 heavy (non-hydrogen) atoms. The zero-order valence-electron chi connectivity index (χ0n) is 7.27. The summed E-state index contributed by atoms with van der Waals surface area (Å²) in [6, 6.07) is 2.17. The average molecular weight is 194 g/mol. The molecule has 0 radical (unpaired) electrons. The van der Waals surface area contributed by atoms with Gasteiger partial charge in [0.05, 0.1) is 11.3 Å². The van der Waals surface area contributed by atoms with Crippen LogP contribution in [0.15, 0.2) is 17.4 Å². The van der Waals surface area contributed by atoms with Crippen molar-refractivity contribution < 1.29 is 0 Å².